The Labute approximate surface area is 115 Å². The molecule has 0 radical (unpaired) electrons. The van der Waals surface area contributed by atoms with Crippen LogP contribution in [0.4, 0.5) is 0 Å². The highest BCUT2D eigenvalue weighted by atomic mass is 35.5. The number of piperazine rings is 1. The molecule has 9 heteroatoms. The van der Waals surface area contributed by atoms with E-state index in [2.05, 4.69) is 10.3 Å². The standard InChI is InChI=1S/C10H12ClN3O4S/c11-7-2-1-3-13-9(7)19(17,18)14-5-4-12-6-8(14)10(15)16/h1-3,8,12H,4-6H2,(H,15,16). The molecule has 7 nitrogen and oxygen atoms in total. The molecule has 1 fully saturated rings. The van der Waals surface area contributed by atoms with Crippen molar-refractivity contribution in [2.45, 2.75) is 11.1 Å². The lowest BCUT2D eigenvalue weighted by Crippen LogP contribution is -2.56. The van der Waals surface area contributed by atoms with Crippen molar-refractivity contribution in [1.82, 2.24) is 14.6 Å². The van der Waals surface area contributed by atoms with Crippen molar-refractivity contribution < 1.29 is 18.3 Å². The topological polar surface area (TPSA) is 99.6 Å². The van der Waals surface area contributed by atoms with Crippen LogP contribution < -0.4 is 5.32 Å². The van der Waals surface area contributed by atoms with Crippen molar-refractivity contribution >= 4 is 27.6 Å². The largest absolute Gasteiger partial charge is 0.480 e. The summed E-state index contributed by atoms with van der Waals surface area (Å²) in [6, 6.07) is 1.75. The molecule has 2 rings (SSSR count). The molecular weight excluding hydrogens is 294 g/mol. The quantitative estimate of drug-likeness (QED) is 0.801. The minimum Gasteiger partial charge on any atom is -0.480 e. The molecule has 1 aliphatic heterocycles. The zero-order valence-electron chi connectivity index (χ0n) is 9.78. The van der Waals surface area contributed by atoms with E-state index in [9.17, 15) is 13.2 Å². The Bertz CT molecular complexity index is 592. The van der Waals surface area contributed by atoms with Crippen molar-refractivity contribution in [2.75, 3.05) is 19.6 Å². The van der Waals surface area contributed by atoms with E-state index in [4.69, 9.17) is 16.7 Å². The van der Waals surface area contributed by atoms with Gasteiger partial charge in [0, 0.05) is 25.8 Å². The average Bonchev–Trinajstić information content (AvgIpc) is 2.39. The van der Waals surface area contributed by atoms with Crippen molar-refractivity contribution in [3.05, 3.63) is 23.4 Å². The fourth-order valence-electron chi connectivity index (χ4n) is 1.86. The van der Waals surface area contributed by atoms with Gasteiger partial charge in [-0.3, -0.25) is 4.79 Å². The molecule has 19 heavy (non-hydrogen) atoms. The minimum absolute atomic E-state index is 0.0230. The molecule has 1 aromatic rings. The second-order valence-corrected chi connectivity index (χ2v) is 6.18. The van der Waals surface area contributed by atoms with Crippen LogP contribution in [0.5, 0.6) is 0 Å². The molecule has 1 aliphatic rings. The number of hydrogen-bond donors (Lipinski definition) is 2. The summed E-state index contributed by atoms with van der Waals surface area (Å²) in [4.78, 5) is 14.9. The van der Waals surface area contributed by atoms with Gasteiger partial charge in [-0.2, -0.15) is 4.31 Å². The Morgan fingerprint density at radius 3 is 2.95 bits per heavy atom. The van der Waals surface area contributed by atoms with Gasteiger partial charge in [0.05, 0.1) is 5.02 Å². The summed E-state index contributed by atoms with van der Waals surface area (Å²) in [6.07, 6.45) is 1.30. The summed E-state index contributed by atoms with van der Waals surface area (Å²) in [5, 5.41) is 11.6. The van der Waals surface area contributed by atoms with Gasteiger partial charge in [0.15, 0.2) is 5.03 Å². The third-order valence-electron chi connectivity index (χ3n) is 2.76. The Hall–Kier alpha value is -1.22. The Morgan fingerprint density at radius 2 is 2.32 bits per heavy atom. The van der Waals surface area contributed by atoms with Gasteiger partial charge in [-0.05, 0) is 12.1 Å². The molecule has 0 bridgehead atoms. The van der Waals surface area contributed by atoms with Gasteiger partial charge in [-0.15, -0.1) is 0 Å². The Morgan fingerprint density at radius 1 is 1.58 bits per heavy atom. The SMILES string of the molecule is O=C(O)C1CNCCN1S(=O)(=O)c1ncccc1Cl. The van der Waals surface area contributed by atoms with Gasteiger partial charge in [-0.25, -0.2) is 13.4 Å². The van der Waals surface area contributed by atoms with Crippen molar-refractivity contribution in [2.24, 2.45) is 0 Å². The molecule has 1 saturated heterocycles. The molecule has 1 unspecified atom stereocenters. The molecular formula is C10H12ClN3O4S. The van der Waals surface area contributed by atoms with Crippen LogP contribution in [0.1, 0.15) is 0 Å². The highest BCUT2D eigenvalue weighted by Gasteiger charge is 2.39. The predicted octanol–water partition coefficient (Wildman–Crippen LogP) is -0.218. The fourth-order valence-corrected chi connectivity index (χ4v) is 3.83. The number of pyridine rings is 1. The predicted molar refractivity (Wildman–Crippen MR) is 67.4 cm³/mol. The zero-order valence-corrected chi connectivity index (χ0v) is 11.4. The number of rotatable bonds is 3. The number of carboxylic acids is 1. The lowest BCUT2D eigenvalue weighted by Gasteiger charge is -2.32. The minimum atomic E-state index is -4.02. The Balaban J connectivity index is 2.43. The number of carboxylic acid groups (broad SMARTS) is 1. The summed E-state index contributed by atoms with van der Waals surface area (Å²) in [6.45, 7) is 0.499. The first kappa shape index (κ1) is 14.2. The number of nitrogens with zero attached hydrogens (tertiary/aromatic N) is 2. The highest BCUT2D eigenvalue weighted by molar-refractivity contribution is 7.89. The first-order chi connectivity index (χ1) is 8.94. The molecule has 104 valence electrons. The molecule has 1 aromatic heterocycles. The van der Waals surface area contributed by atoms with Crippen LogP contribution in [0, 0.1) is 0 Å². The van der Waals surface area contributed by atoms with Crippen LogP contribution in [0.25, 0.3) is 0 Å². The van der Waals surface area contributed by atoms with Crippen LogP contribution in [0.2, 0.25) is 5.02 Å². The normalized spacial score (nSPS) is 21.2. The monoisotopic (exact) mass is 305 g/mol. The highest BCUT2D eigenvalue weighted by Crippen LogP contribution is 2.24. The number of halogens is 1. The van der Waals surface area contributed by atoms with E-state index in [1.165, 1.54) is 18.3 Å². The second-order valence-electron chi connectivity index (χ2n) is 3.96. The van der Waals surface area contributed by atoms with Crippen LogP contribution in [0.3, 0.4) is 0 Å². The van der Waals surface area contributed by atoms with Crippen molar-refractivity contribution in [3.63, 3.8) is 0 Å². The molecule has 0 aliphatic carbocycles. The molecule has 0 spiro atoms. The Kier molecular flexibility index (Phi) is 4.04. The summed E-state index contributed by atoms with van der Waals surface area (Å²) in [5.74, 6) is -1.21. The van der Waals surface area contributed by atoms with E-state index in [-0.39, 0.29) is 23.1 Å². The van der Waals surface area contributed by atoms with E-state index in [0.717, 1.165) is 4.31 Å². The summed E-state index contributed by atoms with van der Waals surface area (Å²) in [7, 11) is -4.02. The number of carbonyl (C=O) groups is 1. The molecule has 2 heterocycles. The molecule has 2 N–H and O–H groups in total. The van der Waals surface area contributed by atoms with Gasteiger partial charge in [0.2, 0.25) is 0 Å². The number of aliphatic carboxylic acids is 1. The van der Waals surface area contributed by atoms with E-state index in [1.807, 2.05) is 0 Å². The summed E-state index contributed by atoms with van der Waals surface area (Å²) in [5.41, 5.74) is 0. The third kappa shape index (κ3) is 2.71. The maximum Gasteiger partial charge on any atom is 0.323 e. The van der Waals surface area contributed by atoms with E-state index in [1.54, 1.807) is 0 Å². The van der Waals surface area contributed by atoms with Crippen molar-refractivity contribution in [3.8, 4) is 0 Å². The van der Waals surface area contributed by atoms with Crippen LogP contribution in [0.15, 0.2) is 23.4 Å². The smallest absolute Gasteiger partial charge is 0.323 e. The maximum atomic E-state index is 12.4. The summed E-state index contributed by atoms with van der Waals surface area (Å²) < 4.78 is 25.7. The number of nitrogens with one attached hydrogen (secondary N) is 1. The van der Waals surface area contributed by atoms with E-state index in [0.29, 0.717) is 6.54 Å². The number of hydrogen-bond acceptors (Lipinski definition) is 5. The molecule has 1 atom stereocenters. The number of aromatic nitrogens is 1. The third-order valence-corrected chi connectivity index (χ3v) is 5.04. The van der Waals surface area contributed by atoms with E-state index < -0.39 is 22.0 Å². The van der Waals surface area contributed by atoms with Gasteiger partial charge < -0.3 is 10.4 Å². The van der Waals surface area contributed by atoms with Crippen LogP contribution in [-0.4, -0.2) is 54.5 Å². The van der Waals surface area contributed by atoms with Crippen LogP contribution >= 0.6 is 11.6 Å². The lowest BCUT2D eigenvalue weighted by molar-refractivity contribution is -0.141. The maximum absolute atomic E-state index is 12.4. The van der Waals surface area contributed by atoms with Gasteiger partial charge in [0.25, 0.3) is 10.0 Å². The van der Waals surface area contributed by atoms with Gasteiger partial charge >= 0.3 is 5.97 Å². The number of sulfonamides is 1. The first-order valence-corrected chi connectivity index (χ1v) is 7.32. The van der Waals surface area contributed by atoms with Gasteiger partial charge in [-0.1, -0.05) is 11.6 Å². The fraction of sp³-hybridized carbons (Fsp3) is 0.400. The lowest BCUT2D eigenvalue weighted by atomic mass is 10.2. The molecule has 0 amide bonds. The summed E-state index contributed by atoms with van der Waals surface area (Å²) >= 11 is 5.82. The average molecular weight is 306 g/mol. The second kappa shape index (κ2) is 5.41. The zero-order chi connectivity index (χ0) is 14.0. The van der Waals surface area contributed by atoms with Crippen LogP contribution in [-0.2, 0) is 14.8 Å². The van der Waals surface area contributed by atoms with Gasteiger partial charge in [0.1, 0.15) is 6.04 Å². The first-order valence-electron chi connectivity index (χ1n) is 5.50. The molecule has 0 aromatic carbocycles. The van der Waals surface area contributed by atoms with Crippen molar-refractivity contribution in [1.29, 1.82) is 0 Å². The molecule has 0 saturated carbocycles. The van der Waals surface area contributed by atoms with E-state index >= 15 is 0 Å².